The van der Waals surface area contributed by atoms with Crippen molar-refractivity contribution in [3.05, 3.63) is 39.4 Å². The average Bonchev–Trinajstić information content (AvgIpc) is 2.36. The molecule has 1 aliphatic heterocycles. The van der Waals surface area contributed by atoms with Crippen LogP contribution in [0, 0.1) is 10.1 Å². The molecule has 96 valence electrons. The zero-order valence-electron chi connectivity index (χ0n) is 10.5. The van der Waals surface area contributed by atoms with Crippen molar-refractivity contribution >= 4 is 11.5 Å². The number of ketones is 1. The van der Waals surface area contributed by atoms with Crippen LogP contribution >= 0.6 is 0 Å². The molecule has 1 aromatic carbocycles. The topological polar surface area (TPSA) is 63.5 Å². The van der Waals surface area contributed by atoms with Crippen LogP contribution in [0.2, 0.25) is 0 Å². The number of nitrogens with zero attached hydrogens (tertiary/aromatic N) is 2. The second-order valence-corrected chi connectivity index (χ2v) is 4.69. The Labute approximate surface area is 106 Å². The highest BCUT2D eigenvalue weighted by Gasteiger charge is 2.26. The van der Waals surface area contributed by atoms with Gasteiger partial charge in [-0.1, -0.05) is 0 Å². The van der Waals surface area contributed by atoms with Gasteiger partial charge in [0.1, 0.15) is 0 Å². The van der Waals surface area contributed by atoms with Gasteiger partial charge in [0.25, 0.3) is 6.04 Å². The van der Waals surface area contributed by atoms with Crippen molar-refractivity contribution in [2.45, 2.75) is 25.8 Å². The minimum atomic E-state index is -1.18. The predicted molar refractivity (Wildman–Crippen MR) is 68.8 cm³/mol. The van der Waals surface area contributed by atoms with E-state index in [4.69, 9.17) is 0 Å². The normalized spacial score (nSPS) is 16.0. The Hall–Kier alpha value is -1.91. The standard InChI is InChI=1S/C13H16N2O3/c1-9(15(17)18)13(16)11-5-6-12-10(8-11)4-3-7-14(12)2/h5-6,8-9H,3-4,7H2,1-2H3. The lowest BCUT2D eigenvalue weighted by Gasteiger charge is -2.27. The van der Waals surface area contributed by atoms with Crippen LogP contribution in [0.3, 0.4) is 0 Å². The fourth-order valence-corrected chi connectivity index (χ4v) is 2.28. The molecule has 2 rings (SSSR count). The lowest BCUT2D eigenvalue weighted by Crippen LogP contribution is -2.27. The molecule has 0 radical (unpaired) electrons. The summed E-state index contributed by atoms with van der Waals surface area (Å²) >= 11 is 0. The van der Waals surface area contributed by atoms with Crippen LogP contribution in [-0.2, 0) is 6.42 Å². The second-order valence-electron chi connectivity index (χ2n) is 4.69. The van der Waals surface area contributed by atoms with Gasteiger partial charge in [0.2, 0.25) is 5.78 Å². The third-order valence-electron chi connectivity index (χ3n) is 3.41. The quantitative estimate of drug-likeness (QED) is 0.465. The van der Waals surface area contributed by atoms with Crippen LogP contribution in [0.25, 0.3) is 0 Å². The lowest BCUT2D eigenvalue weighted by molar-refractivity contribution is -0.500. The van der Waals surface area contributed by atoms with Gasteiger partial charge in [0, 0.05) is 36.7 Å². The summed E-state index contributed by atoms with van der Waals surface area (Å²) in [5.41, 5.74) is 2.66. The molecule has 1 unspecified atom stereocenters. The summed E-state index contributed by atoms with van der Waals surface area (Å²) in [4.78, 5) is 24.1. The average molecular weight is 248 g/mol. The number of hydrogen-bond acceptors (Lipinski definition) is 4. The first-order valence-electron chi connectivity index (χ1n) is 6.02. The van der Waals surface area contributed by atoms with E-state index in [0.717, 1.165) is 30.6 Å². The molecule has 5 nitrogen and oxygen atoms in total. The fraction of sp³-hybridized carbons (Fsp3) is 0.462. The SMILES string of the molecule is CC(C(=O)c1ccc2c(c1)CCCN2C)[N+](=O)[O-]. The molecule has 0 fully saturated rings. The van der Waals surface area contributed by atoms with Crippen LogP contribution < -0.4 is 4.90 Å². The first kappa shape index (κ1) is 12.5. The largest absolute Gasteiger partial charge is 0.374 e. The number of nitro groups is 1. The Morgan fingerprint density at radius 1 is 1.50 bits per heavy atom. The summed E-state index contributed by atoms with van der Waals surface area (Å²) in [6.45, 7) is 2.33. The number of benzene rings is 1. The summed E-state index contributed by atoms with van der Waals surface area (Å²) in [7, 11) is 2.01. The maximum Gasteiger partial charge on any atom is 0.272 e. The van der Waals surface area contributed by atoms with Crippen LogP contribution in [0.15, 0.2) is 18.2 Å². The van der Waals surface area contributed by atoms with Crippen molar-refractivity contribution in [2.24, 2.45) is 0 Å². The molecule has 1 aromatic rings. The smallest absolute Gasteiger partial charge is 0.272 e. The number of hydrogen-bond donors (Lipinski definition) is 0. The Balaban J connectivity index is 2.31. The van der Waals surface area contributed by atoms with Gasteiger partial charge in [-0.05, 0) is 36.6 Å². The van der Waals surface area contributed by atoms with Crippen molar-refractivity contribution < 1.29 is 9.72 Å². The second kappa shape index (κ2) is 4.76. The van der Waals surface area contributed by atoms with Crippen molar-refractivity contribution in [2.75, 3.05) is 18.5 Å². The molecule has 0 spiro atoms. The van der Waals surface area contributed by atoms with Crippen molar-refractivity contribution in [3.8, 4) is 0 Å². The molecule has 0 aliphatic carbocycles. The third kappa shape index (κ3) is 2.20. The first-order chi connectivity index (χ1) is 8.50. The molecule has 1 heterocycles. The highest BCUT2D eigenvalue weighted by Crippen LogP contribution is 2.27. The van der Waals surface area contributed by atoms with E-state index < -0.39 is 16.7 Å². The van der Waals surface area contributed by atoms with Gasteiger partial charge < -0.3 is 4.90 Å². The number of Topliss-reactive ketones (excluding diaryl/α,β-unsaturated/α-hetero) is 1. The summed E-state index contributed by atoms with van der Waals surface area (Å²) in [5.74, 6) is -0.420. The molecule has 0 amide bonds. The Kier molecular flexibility index (Phi) is 3.32. The molecule has 0 aromatic heterocycles. The number of carbonyl (C=O) groups excluding carboxylic acids is 1. The Bertz CT molecular complexity index is 499. The molecule has 1 atom stereocenters. The third-order valence-corrected chi connectivity index (χ3v) is 3.41. The molecule has 0 N–H and O–H groups in total. The first-order valence-corrected chi connectivity index (χ1v) is 6.02. The molecule has 0 bridgehead atoms. The van der Waals surface area contributed by atoms with Gasteiger partial charge in [0.05, 0.1) is 0 Å². The predicted octanol–water partition coefficient (Wildman–Crippen LogP) is 1.92. The van der Waals surface area contributed by atoms with Gasteiger partial charge in [-0.3, -0.25) is 14.9 Å². The molecule has 18 heavy (non-hydrogen) atoms. The van der Waals surface area contributed by atoms with Gasteiger partial charge in [-0.15, -0.1) is 0 Å². The van der Waals surface area contributed by atoms with Crippen LogP contribution in [0.4, 0.5) is 5.69 Å². The minimum Gasteiger partial charge on any atom is -0.374 e. The molecule has 1 aliphatic rings. The summed E-state index contributed by atoms with van der Waals surface area (Å²) in [5, 5.41) is 10.6. The zero-order valence-corrected chi connectivity index (χ0v) is 10.5. The van der Waals surface area contributed by atoms with Crippen molar-refractivity contribution in [1.82, 2.24) is 0 Å². The maximum absolute atomic E-state index is 11.9. The van der Waals surface area contributed by atoms with Gasteiger partial charge in [-0.25, -0.2) is 0 Å². The molecule has 0 saturated heterocycles. The zero-order chi connectivity index (χ0) is 13.3. The van der Waals surface area contributed by atoms with Crippen molar-refractivity contribution in [1.29, 1.82) is 0 Å². The van der Waals surface area contributed by atoms with E-state index in [2.05, 4.69) is 4.90 Å². The van der Waals surface area contributed by atoms with E-state index in [0.29, 0.717) is 5.56 Å². The number of carbonyl (C=O) groups is 1. The lowest BCUT2D eigenvalue weighted by atomic mass is 9.96. The van der Waals surface area contributed by atoms with Crippen LogP contribution in [0.1, 0.15) is 29.3 Å². The van der Waals surface area contributed by atoms with E-state index in [1.165, 1.54) is 6.92 Å². The number of anilines is 1. The fourth-order valence-electron chi connectivity index (χ4n) is 2.28. The van der Waals surface area contributed by atoms with E-state index in [9.17, 15) is 14.9 Å². The molecular formula is C13H16N2O3. The molecular weight excluding hydrogens is 232 g/mol. The summed E-state index contributed by atoms with van der Waals surface area (Å²) < 4.78 is 0. The van der Waals surface area contributed by atoms with E-state index in [1.54, 1.807) is 12.1 Å². The summed E-state index contributed by atoms with van der Waals surface area (Å²) in [6.07, 6.45) is 1.97. The summed E-state index contributed by atoms with van der Waals surface area (Å²) in [6, 6.07) is 4.19. The van der Waals surface area contributed by atoms with Gasteiger partial charge >= 0.3 is 0 Å². The van der Waals surface area contributed by atoms with Gasteiger partial charge in [-0.2, -0.15) is 0 Å². The van der Waals surface area contributed by atoms with Crippen LogP contribution in [-0.4, -0.2) is 30.3 Å². The highest BCUT2D eigenvalue weighted by molar-refractivity contribution is 5.99. The molecule has 0 saturated carbocycles. The number of aryl methyl sites for hydroxylation is 1. The minimum absolute atomic E-state index is 0.420. The van der Waals surface area contributed by atoms with E-state index in [-0.39, 0.29) is 0 Å². The Morgan fingerprint density at radius 3 is 2.89 bits per heavy atom. The Morgan fingerprint density at radius 2 is 2.22 bits per heavy atom. The van der Waals surface area contributed by atoms with E-state index in [1.807, 2.05) is 13.1 Å². The van der Waals surface area contributed by atoms with Crippen molar-refractivity contribution in [3.63, 3.8) is 0 Å². The number of fused-ring (bicyclic) bond motifs is 1. The number of rotatable bonds is 3. The maximum atomic E-state index is 11.9. The van der Waals surface area contributed by atoms with Crippen LogP contribution in [0.5, 0.6) is 0 Å². The van der Waals surface area contributed by atoms with Gasteiger partial charge in [0.15, 0.2) is 0 Å². The highest BCUT2D eigenvalue weighted by atomic mass is 16.6. The monoisotopic (exact) mass is 248 g/mol. The molecule has 5 heteroatoms. The van der Waals surface area contributed by atoms with E-state index >= 15 is 0 Å².